The molecule has 1 fully saturated rings. The van der Waals surface area contributed by atoms with Crippen molar-refractivity contribution in [1.29, 1.82) is 0 Å². The first kappa shape index (κ1) is 19.0. The number of halogens is 1. The largest absolute Gasteiger partial charge is 0.488 e. The molecule has 2 amide bonds. The van der Waals surface area contributed by atoms with Gasteiger partial charge < -0.3 is 24.4 Å². The average Bonchev–Trinajstić information content (AvgIpc) is 3.33. The molecule has 152 valence electrons. The molecule has 4 rings (SSSR count). The second kappa shape index (κ2) is 7.98. The quantitative estimate of drug-likeness (QED) is 0.806. The van der Waals surface area contributed by atoms with E-state index in [9.17, 15) is 14.0 Å². The zero-order valence-corrected chi connectivity index (χ0v) is 15.9. The fraction of sp³-hybridized carbons (Fsp3) is 0.333. The number of carbonyl (C=O) groups is 2. The van der Waals surface area contributed by atoms with E-state index in [2.05, 4.69) is 5.32 Å². The van der Waals surface area contributed by atoms with Gasteiger partial charge in [-0.25, -0.2) is 4.39 Å². The normalized spacial score (nSPS) is 18.6. The Labute approximate surface area is 167 Å². The number of ether oxygens (including phenoxy) is 3. The van der Waals surface area contributed by atoms with Crippen LogP contribution in [0.2, 0.25) is 0 Å². The van der Waals surface area contributed by atoms with Gasteiger partial charge in [-0.15, -0.1) is 0 Å². The molecule has 0 aromatic heterocycles. The molecular formula is C21H21FN2O5. The van der Waals surface area contributed by atoms with Crippen LogP contribution in [0.1, 0.15) is 13.3 Å². The molecule has 2 unspecified atom stereocenters. The first-order valence-electron chi connectivity index (χ1n) is 9.39. The third kappa shape index (κ3) is 4.11. The summed E-state index contributed by atoms with van der Waals surface area (Å²) >= 11 is 0. The molecule has 0 bridgehead atoms. The van der Waals surface area contributed by atoms with Gasteiger partial charge in [0.25, 0.3) is 0 Å². The third-order valence-electron chi connectivity index (χ3n) is 4.88. The van der Waals surface area contributed by atoms with Crippen LogP contribution in [0.5, 0.6) is 17.2 Å². The van der Waals surface area contributed by atoms with Crippen molar-refractivity contribution >= 4 is 17.5 Å². The SMILES string of the molecule is CC(COc1ccccc1F)NC(=O)C1CC(=O)N(c2ccc3c(c2)OCO3)C1. The van der Waals surface area contributed by atoms with E-state index >= 15 is 0 Å². The highest BCUT2D eigenvalue weighted by Gasteiger charge is 2.36. The predicted octanol–water partition coefficient (Wildman–Crippen LogP) is 2.49. The molecule has 2 aromatic carbocycles. The monoisotopic (exact) mass is 400 g/mol. The van der Waals surface area contributed by atoms with Crippen LogP contribution < -0.4 is 24.4 Å². The minimum absolute atomic E-state index is 0.124. The van der Waals surface area contributed by atoms with Gasteiger partial charge in [0, 0.05) is 24.7 Å². The number of anilines is 1. The number of carbonyl (C=O) groups excluding carboxylic acids is 2. The number of amides is 2. The summed E-state index contributed by atoms with van der Waals surface area (Å²) in [5, 5.41) is 2.84. The second-order valence-electron chi connectivity index (χ2n) is 7.09. The number of nitrogens with one attached hydrogen (secondary N) is 1. The Bertz CT molecular complexity index is 935. The smallest absolute Gasteiger partial charge is 0.231 e. The average molecular weight is 400 g/mol. The zero-order valence-electron chi connectivity index (χ0n) is 15.9. The number of para-hydroxylation sites is 1. The van der Waals surface area contributed by atoms with Crippen molar-refractivity contribution in [2.45, 2.75) is 19.4 Å². The molecule has 0 spiro atoms. The van der Waals surface area contributed by atoms with Crippen molar-refractivity contribution in [3.05, 3.63) is 48.3 Å². The molecule has 2 heterocycles. The van der Waals surface area contributed by atoms with Gasteiger partial charge in [0.2, 0.25) is 18.6 Å². The van der Waals surface area contributed by atoms with Crippen LogP contribution in [0.3, 0.4) is 0 Å². The lowest BCUT2D eigenvalue weighted by molar-refractivity contribution is -0.127. The lowest BCUT2D eigenvalue weighted by atomic mass is 10.1. The fourth-order valence-electron chi connectivity index (χ4n) is 3.36. The topological polar surface area (TPSA) is 77.1 Å². The highest BCUT2D eigenvalue weighted by atomic mass is 19.1. The minimum Gasteiger partial charge on any atom is -0.488 e. The van der Waals surface area contributed by atoms with E-state index < -0.39 is 11.7 Å². The number of rotatable bonds is 6. The van der Waals surface area contributed by atoms with E-state index in [0.717, 1.165) is 0 Å². The van der Waals surface area contributed by atoms with Crippen LogP contribution >= 0.6 is 0 Å². The highest BCUT2D eigenvalue weighted by molar-refractivity contribution is 6.00. The molecule has 8 heteroatoms. The first-order valence-corrected chi connectivity index (χ1v) is 9.39. The molecule has 0 radical (unpaired) electrons. The molecule has 2 aliphatic rings. The predicted molar refractivity (Wildman–Crippen MR) is 103 cm³/mol. The molecule has 1 N–H and O–H groups in total. The van der Waals surface area contributed by atoms with Gasteiger partial charge in [0.15, 0.2) is 23.1 Å². The Hall–Kier alpha value is -3.29. The van der Waals surface area contributed by atoms with Crippen LogP contribution in [0.15, 0.2) is 42.5 Å². The third-order valence-corrected chi connectivity index (χ3v) is 4.88. The van der Waals surface area contributed by atoms with Crippen LogP contribution in [0.4, 0.5) is 10.1 Å². The standard InChI is InChI=1S/C21H21FN2O5/c1-13(11-27-17-5-3-2-4-16(17)22)23-21(26)14-8-20(25)24(10-14)15-6-7-18-19(9-15)29-12-28-18/h2-7,9,13-14H,8,10-12H2,1H3,(H,23,26). The summed E-state index contributed by atoms with van der Waals surface area (Å²) < 4.78 is 29.7. The Morgan fingerprint density at radius 3 is 2.90 bits per heavy atom. The second-order valence-corrected chi connectivity index (χ2v) is 7.09. The summed E-state index contributed by atoms with van der Waals surface area (Å²) in [5.74, 6) is 0.0835. The van der Waals surface area contributed by atoms with Gasteiger partial charge >= 0.3 is 0 Å². The number of benzene rings is 2. The number of hydrogen-bond donors (Lipinski definition) is 1. The fourth-order valence-corrected chi connectivity index (χ4v) is 3.36. The van der Waals surface area contributed by atoms with Gasteiger partial charge in [-0.3, -0.25) is 9.59 Å². The van der Waals surface area contributed by atoms with Crippen molar-refractivity contribution in [2.75, 3.05) is 24.8 Å². The number of hydrogen-bond acceptors (Lipinski definition) is 5. The molecule has 2 aliphatic heterocycles. The molecule has 7 nitrogen and oxygen atoms in total. The van der Waals surface area contributed by atoms with Crippen molar-refractivity contribution in [1.82, 2.24) is 5.32 Å². The van der Waals surface area contributed by atoms with E-state index in [0.29, 0.717) is 17.2 Å². The van der Waals surface area contributed by atoms with Crippen LogP contribution in [0.25, 0.3) is 0 Å². The van der Waals surface area contributed by atoms with Gasteiger partial charge in [0.1, 0.15) is 6.61 Å². The molecular weight excluding hydrogens is 379 g/mol. The first-order chi connectivity index (χ1) is 14.0. The van der Waals surface area contributed by atoms with Gasteiger partial charge in [-0.05, 0) is 31.2 Å². The van der Waals surface area contributed by atoms with Gasteiger partial charge in [-0.2, -0.15) is 0 Å². The number of nitrogens with zero attached hydrogens (tertiary/aromatic N) is 1. The summed E-state index contributed by atoms with van der Waals surface area (Å²) in [6, 6.07) is 11.0. The summed E-state index contributed by atoms with van der Waals surface area (Å²) in [6.07, 6.45) is 0.126. The Kier molecular flexibility index (Phi) is 5.24. The zero-order chi connectivity index (χ0) is 20.4. The molecule has 2 atom stereocenters. The molecule has 0 saturated carbocycles. The van der Waals surface area contributed by atoms with Crippen molar-refractivity contribution in [3.63, 3.8) is 0 Å². The molecule has 1 saturated heterocycles. The summed E-state index contributed by atoms with van der Waals surface area (Å²) in [5.41, 5.74) is 0.672. The van der Waals surface area contributed by atoms with E-state index in [4.69, 9.17) is 14.2 Å². The number of fused-ring (bicyclic) bond motifs is 1. The van der Waals surface area contributed by atoms with Crippen molar-refractivity contribution in [3.8, 4) is 17.2 Å². The maximum atomic E-state index is 13.6. The van der Waals surface area contributed by atoms with E-state index in [1.165, 1.54) is 12.1 Å². The lowest BCUT2D eigenvalue weighted by Gasteiger charge is -2.19. The molecule has 29 heavy (non-hydrogen) atoms. The minimum atomic E-state index is -0.469. The van der Waals surface area contributed by atoms with E-state index in [-0.39, 0.29) is 50.0 Å². The van der Waals surface area contributed by atoms with Crippen LogP contribution in [-0.2, 0) is 9.59 Å². The Balaban J connectivity index is 1.32. The lowest BCUT2D eigenvalue weighted by Crippen LogP contribution is -2.41. The maximum Gasteiger partial charge on any atom is 0.231 e. The Morgan fingerprint density at radius 2 is 2.07 bits per heavy atom. The molecule has 2 aromatic rings. The van der Waals surface area contributed by atoms with Crippen molar-refractivity contribution in [2.24, 2.45) is 5.92 Å². The van der Waals surface area contributed by atoms with Gasteiger partial charge in [-0.1, -0.05) is 12.1 Å². The molecule has 0 aliphatic carbocycles. The van der Waals surface area contributed by atoms with E-state index in [1.807, 2.05) is 0 Å². The summed E-state index contributed by atoms with van der Waals surface area (Å²) in [7, 11) is 0. The van der Waals surface area contributed by atoms with Crippen LogP contribution in [-0.4, -0.2) is 37.8 Å². The van der Waals surface area contributed by atoms with E-state index in [1.54, 1.807) is 42.2 Å². The Morgan fingerprint density at radius 1 is 1.28 bits per heavy atom. The summed E-state index contributed by atoms with van der Waals surface area (Å²) in [6.45, 7) is 2.33. The summed E-state index contributed by atoms with van der Waals surface area (Å²) in [4.78, 5) is 26.6. The maximum absolute atomic E-state index is 13.6. The highest BCUT2D eigenvalue weighted by Crippen LogP contribution is 2.37. The van der Waals surface area contributed by atoms with Crippen LogP contribution in [0, 0.1) is 11.7 Å². The van der Waals surface area contributed by atoms with Crippen molar-refractivity contribution < 1.29 is 28.2 Å². The van der Waals surface area contributed by atoms with Gasteiger partial charge in [0.05, 0.1) is 12.0 Å².